The van der Waals surface area contributed by atoms with Crippen molar-refractivity contribution in [1.29, 1.82) is 0 Å². The van der Waals surface area contributed by atoms with E-state index in [0.29, 0.717) is 5.56 Å². The van der Waals surface area contributed by atoms with E-state index >= 15 is 0 Å². The Balaban J connectivity index is 2.86. The highest BCUT2D eigenvalue weighted by atomic mass is 16.4. The molecule has 0 aromatic heterocycles. The summed E-state index contributed by atoms with van der Waals surface area (Å²) in [4.78, 5) is 10.9. The van der Waals surface area contributed by atoms with Crippen molar-refractivity contribution in [2.45, 2.75) is 0 Å². The molecular weight excluding hydrogens is 142 g/mol. The van der Waals surface area contributed by atoms with E-state index in [1.807, 2.05) is 0 Å². The molecule has 0 saturated heterocycles. The van der Waals surface area contributed by atoms with E-state index in [-0.39, 0.29) is 5.78 Å². The lowest BCUT2D eigenvalue weighted by Gasteiger charge is -1.90. The van der Waals surface area contributed by atoms with Crippen LogP contribution in [0.1, 0.15) is 10.4 Å². The van der Waals surface area contributed by atoms with Crippen LogP contribution in [0.4, 0.5) is 0 Å². The average Bonchev–Trinajstić information content (AvgIpc) is 2.07. The molecule has 1 aromatic rings. The van der Waals surface area contributed by atoms with Crippen molar-refractivity contribution < 1.29 is 10.0 Å². The van der Waals surface area contributed by atoms with E-state index < -0.39 is 0 Å². The summed E-state index contributed by atoms with van der Waals surface area (Å²) in [6.45, 7) is 0. The number of hydrogen-bond acceptors (Lipinski definition) is 2. The van der Waals surface area contributed by atoms with Crippen LogP contribution in [0.2, 0.25) is 0 Å². The van der Waals surface area contributed by atoms with Crippen LogP contribution in [0.25, 0.3) is 0 Å². The highest BCUT2D eigenvalue weighted by Crippen LogP contribution is 1.97. The lowest BCUT2D eigenvalue weighted by Crippen LogP contribution is -1.98. The topological polar surface area (TPSA) is 49.3 Å². The molecule has 0 heterocycles. The molecule has 0 atom stereocenters. The lowest BCUT2D eigenvalue weighted by molar-refractivity contribution is 0.106. The van der Waals surface area contributed by atoms with Gasteiger partial charge in [0.05, 0.1) is 0 Å². The van der Waals surface area contributed by atoms with Gasteiger partial charge in [-0.25, -0.2) is 0 Å². The van der Waals surface area contributed by atoms with Gasteiger partial charge < -0.3 is 0 Å². The quantitative estimate of drug-likeness (QED) is 0.354. The maximum atomic E-state index is 10.9. The van der Waals surface area contributed by atoms with Crippen LogP contribution in [0.5, 0.6) is 0 Å². The van der Waals surface area contributed by atoms with Crippen molar-refractivity contribution >= 4 is 12.0 Å². The number of rotatable bonds is 2. The summed E-state index contributed by atoms with van der Waals surface area (Å²) in [6, 6.07) is 8.51. The third-order valence-electron chi connectivity index (χ3n) is 1.23. The minimum Gasteiger partial charge on any atom is -0.287 e. The number of benzene rings is 1. The second-order valence-corrected chi connectivity index (χ2v) is 1.96. The fraction of sp³-hybridized carbons (Fsp3) is 0. The summed E-state index contributed by atoms with van der Waals surface area (Å²) in [5, 5.41) is 12.0. The van der Waals surface area contributed by atoms with E-state index in [4.69, 9.17) is 0 Å². The number of hydrogen-bond donors (Lipinski definition) is 0. The normalized spacial score (nSPS) is 10.2. The Kier molecular flexibility index (Phi) is 2.38. The van der Waals surface area contributed by atoms with Gasteiger partial charge in [0.15, 0.2) is 0 Å². The Morgan fingerprint density at radius 3 is 2.45 bits per heavy atom. The molecule has 0 spiro atoms. The zero-order valence-electron chi connectivity index (χ0n) is 5.73. The molecule has 0 bridgehead atoms. The number of ketones is 1. The minimum atomic E-state index is -0.361. The average molecular weight is 148 g/mol. The van der Waals surface area contributed by atoms with Crippen LogP contribution < -0.4 is 0 Å². The van der Waals surface area contributed by atoms with Crippen molar-refractivity contribution in [2.75, 3.05) is 0 Å². The van der Waals surface area contributed by atoms with Crippen LogP contribution in [0, 0.1) is 0 Å². The molecule has 0 unspecified atom stereocenters. The molecular formula is C8H6NO2. The summed E-state index contributed by atoms with van der Waals surface area (Å²) in [7, 11) is 0. The Labute approximate surface area is 64.0 Å². The van der Waals surface area contributed by atoms with Gasteiger partial charge >= 0.3 is 0 Å². The molecule has 0 aliphatic heterocycles. The van der Waals surface area contributed by atoms with Crippen LogP contribution in [0.15, 0.2) is 35.5 Å². The molecule has 1 radical (unpaired) electrons. The molecule has 0 amide bonds. The van der Waals surface area contributed by atoms with Crippen molar-refractivity contribution in [2.24, 2.45) is 5.16 Å². The molecule has 55 valence electrons. The Morgan fingerprint density at radius 2 is 1.91 bits per heavy atom. The predicted octanol–water partition coefficient (Wildman–Crippen LogP) is 1.29. The maximum Gasteiger partial charge on any atom is 0.207 e. The van der Waals surface area contributed by atoms with Gasteiger partial charge in [-0.3, -0.25) is 4.79 Å². The van der Waals surface area contributed by atoms with Crippen LogP contribution in [-0.4, -0.2) is 12.0 Å². The van der Waals surface area contributed by atoms with E-state index in [2.05, 4.69) is 5.16 Å². The van der Waals surface area contributed by atoms with Crippen molar-refractivity contribution in [1.82, 2.24) is 0 Å². The molecule has 0 N–H and O–H groups in total. The molecule has 1 rings (SSSR count). The van der Waals surface area contributed by atoms with Crippen molar-refractivity contribution in [3.8, 4) is 0 Å². The first-order valence-corrected chi connectivity index (χ1v) is 3.09. The fourth-order valence-electron chi connectivity index (χ4n) is 0.725. The number of Topliss-reactive ketones (excluding diaryl/α,β-unsaturated/α-hetero) is 1. The molecule has 0 aliphatic carbocycles. The minimum absolute atomic E-state index is 0.361. The highest BCUT2D eigenvalue weighted by molar-refractivity contribution is 6.35. The fourth-order valence-corrected chi connectivity index (χ4v) is 0.725. The van der Waals surface area contributed by atoms with Crippen LogP contribution >= 0.6 is 0 Å². The monoisotopic (exact) mass is 148 g/mol. The molecule has 0 aliphatic rings. The van der Waals surface area contributed by atoms with E-state index in [0.717, 1.165) is 6.21 Å². The van der Waals surface area contributed by atoms with E-state index in [9.17, 15) is 10.0 Å². The van der Waals surface area contributed by atoms with Crippen LogP contribution in [-0.2, 0) is 5.21 Å². The van der Waals surface area contributed by atoms with Gasteiger partial charge in [0.25, 0.3) is 0 Å². The van der Waals surface area contributed by atoms with Gasteiger partial charge in [-0.15, -0.1) is 5.21 Å². The number of carbonyl (C=O) groups excluding carboxylic acids is 1. The molecule has 3 heteroatoms. The SMILES string of the molecule is [O]N=CC(=O)c1ccccc1. The van der Waals surface area contributed by atoms with Crippen LogP contribution in [0.3, 0.4) is 0 Å². The van der Waals surface area contributed by atoms with Crippen molar-refractivity contribution in [3.05, 3.63) is 35.9 Å². The second kappa shape index (κ2) is 3.51. The maximum absolute atomic E-state index is 10.9. The molecule has 1 aromatic carbocycles. The van der Waals surface area contributed by atoms with E-state index in [1.165, 1.54) is 0 Å². The molecule has 11 heavy (non-hydrogen) atoms. The van der Waals surface area contributed by atoms with Gasteiger partial charge in [-0.1, -0.05) is 30.3 Å². The zero-order chi connectivity index (χ0) is 8.10. The van der Waals surface area contributed by atoms with Gasteiger partial charge in [0.2, 0.25) is 5.78 Å². The first-order chi connectivity index (χ1) is 5.34. The number of nitrogens with zero attached hydrogens (tertiary/aromatic N) is 1. The number of carbonyl (C=O) groups is 1. The van der Waals surface area contributed by atoms with E-state index in [1.54, 1.807) is 30.3 Å². The molecule has 0 saturated carbocycles. The summed E-state index contributed by atoms with van der Waals surface area (Å²) in [6.07, 6.45) is 0.759. The third-order valence-corrected chi connectivity index (χ3v) is 1.23. The summed E-state index contributed by atoms with van der Waals surface area (Å²) >= 11 is 0. The molecule has 0 fully saturated rings. The second-order valence-electron chi connectivity index (χ2n) is 1.96. The van der Waals surface area contributed by atoms with Gasteiger partial charge in [-0.2, -0.15) is 0 Å². The Morgan fingerprint density at radius 1 is 1.27 bits per heavy atom. The lowest BCUT2D eigenvalue weighted by atomic mass is 10.1. The van der Waals surface area contributed by atoms with Gasteiger partial charge in [-0.05, 0) is 5.16 Å². The Bertz CT molecular complexity index is 267. The zero-order valence-corrected chi connectivity index (χ0v) is 5.73. The molecule has 3 nitrogen and oxygen atoms in total. The summed E-state index contributed by atoms with van der Waals surface area (Å²) < 4.78 is 0. The van der Waals surface area contributed by atoms with Gasteiger partial charge in [0, 0.05) is 5.56 Å². The summed E-state index contributed by atoms with van der Waals surface area (Å²) in [5.74, 6) is -0.361. The smallest absolute Gasteiger partial charge is 0.207 e. The first-order valence-electron chi connectivity index (χ1n) is 3.09. The highest BCUT2D eigenvalue weighted by Gasteiger charge is 1.99. The largest absolute Gasteiger partial charge is 0.287 e. The first kappa shape index (κ1) is 7.47. The standard InChI is InChI=1S/C8H6NO2/c10-8(6-9-11)7-4-2-1-3-5-7/h1-6H. The summed E-state index contributed by atoms with van der Waals surface area (Å²) in [5.41, 5.74) is 0.479. The Hall–Kier alpha value is -1.64. The van der Waals surface area contributed by atoms with Gasteiger partial charge in [0.1, 0.15) is 6.21 Å². The predicted molar refractivity (Wildman–Crippen MR) is 40.0 cm³/mol. The van der Waals surface area contributed by atoms with Crippen molar-refractivity contribution in [3.63, 3.8) is 0 Å². The third kappa shape index (κ3) is 1.89.